The highest BCUT2D eigenvalue weighted by Crippen LogP contribution is 2.13. The van der Waals surface area contributed by atoms with Gasteiger partial charge in [-0.3, -0.25) is 4.98 Å². The van der Waals surface area contributed by atoms with Gasteiger partial charge in [-0.25, -0.2) is 14.3 Å². The summed E-state index contributed by atoms with van der Waals surface area (Å²) in [5.74, 6) is -0.361. The lowest BCUT2D eigenvalue weighted by atomic mass is 10.3. The maximum absolute atomic E-state index is 10.8. The van der Waals surface area contributed by atoms with Gasteiger partial charge in [-0.1, -0.05) is 0 Å². The van der Waals surface area contributed by atoms with Crippen LogP contribution in [-0.2, 0) is 0 Å². The molecule has 0 atom stereocenters. The van der Waals surface area contributed by atoms with Crippen molar-refractivity contribution in [1.82, 2.24) is 24.6 Å². The molecule has 0 aliphatic carbocycles. The topological polar surface area (TPSA) is 93.3 Å². The van der Waals surface area contributed by atoms with E-state index in [1.54, 1.807) is 24.5 Å². The quantitative estimate of drug-likeness (QED) is 0.716. The molecule has 0 amide bonds. The molecule has 1 N–H and O–H groups in total. The fourth-order valence-corrected chi connectivity index (χ4v) is 1.52. The second-order valence-corrected chi connectivity index (χ2v) is 3.53. The van der Waals surface area contributed by atoms with Gasteiger partial charge in [0.2, 0.25) is 0 Å². The zero-order valence-corrected chi connectivity index (χ0v) is 9.06. The summed E-state index contributed by atoms with van der Waals surface area (Å²) >= 11 is 0. The largest absolute Gasteiger partial charge is 0.477 e. The van der Waals surface area contributed by atoms with Crippen LogP contribution in [0.25, 0.3) is 17.2 Å². The number of carbonyl (C=O) groups is 1. The maximum atomic E-state index is 10.8. The van der Waals surface area contributed by atoms with Crippen molar-refractivity contribution in [3.63, 3.8) is 0 Å². The van der Waals surface area contributed by atoms with Gasteiger partial charge in [0.05, 0.1) is 0 Å². The molecule has 0 aliphatic heterocycles. The van der Waals surface area contributed by atoms with Gasteiger partial charge in [-0.15, -0.1) is 5.10 Å². The second-order valence-electron chi connectivity index (χ2n) is 3.53. The molecule has 0 aliphatic rings. The van der Waals surface area contributed by atoms with Gasteiger partial charge >= 0.3 is 5.97 Å². The van der Waals surface area contributed by atoms with Crippen molar-refractivity contribution in [3.8, 4) is 11.4 Å². The van der Waals surface area contributed by atoms with Crippen LogP contribution in [0.4, 0.5) is 0 Å². The Morgan fingerprint density at radius 3 is 2.67 bits per heavy atom. The van der Waals surface area contributed by atoms with E-state index in [0.717, 1.165) is 5.56 Å². The van der Waals surface area contributed by atoms with E-state index in [4.69, 9.17) is 5.11 Å². The second kappa shape index (κ2) is 3.88. The number of rotatable bonds is 2. The first-order valence-electron chi connectivity index (χ1n) is 5.11. The number of aromatic nitrogens is 5. The van der Waals surface area contributed by atoms with E-state index < -0.39 is 5.97 Å². The number of carboxylic acid groups (broad SMARTS) is 1. The highest BCUT2D eigenvalue weighted by Gasteiger charge is 2.10. The Bertz CT molecular complexity index is 723. The predicted molar refractivity (Wildman–Crippen MR) is 61.0 cm³/mol. The van der Waals surface area contributed by atoms with E-state index in [0.29, 0.717) is 5.82 Å². The fourth-order valence-electron chi connectivity index (χ4n) is 1.52. The first-order valence-corrected chi connectivity index (χ1v) is 5.11. The number of nitrogens with zero attached hydrogens (tertiary/aromatic N) is 5. The molecule has 88 valence electrons. The van der Waals surface area contributed by atoms with Crippen LogP contribution in [-0.4, -0.2) is 35.6 Å². The average molecular weight is 241 g/mol. The van der Waals surface area contributed by atoms with Crippen molar-refractivity contribution in [1.29, 1.82) is 0 Å². The third-order valence-electron chi connectivity index (χ3n) is 2.36. The molecule has 7 nitrogen and oxygen atoms in total. The molecule has 0 fully saturated rings. The summed E-state index contributed by atoms with van der Waals surface area (Å²) in [4.78, 5) is 22.8. The molecule has 3 aromatic heterocycles. The van der Waals surface area contributed by atoms with Crippen molar-refractivity contribution in [2.24, 2.45) is 0 Å². The minimum atomic E-state index is -1.09. The average Bonchev–Trinajstić information content (AvgIpc) is 2.82. The summed E-state index contributed by atoms with van der Waals surface area (Å²) in [6, 6.07) is 4.92. The van der Waals surface area contributed by atoms with E-state index in [-0.39, 0.29) is 11.5 Å². The molecular formula is C11H7N5O2. The van der Waals surface area contributed by atoms with Gasteiger partial charge in [-0.05, 0) is 18.2 Å². The van der Waals surface area contributed by atoms with Crippen LogP contribution in [0.15, 0.2) is 36.8 Å². The molecule has 3 aromatic rings. The molecule has 3 rings (SSSR count). The molecule has 3 heterocycles. The van der Waals surface area contributed by atoms with E-state index in [1.165, 1.54) is 16.8 Å². The number of aromatic carboxylic acids is 1. The zero-order chi connectivity index (χ0) is 12.5. The highest BCUT2D eigenvalue weighted by molar-refractivity contribution is 5.85. The van der Waals surface area contributed by atoms with E-state index in [1.807, 2.05) is 0 Å². The monoisotopic (exact) mass is 241 g/mol. The molecule has 0 saturated carbocycles. The van der Waals surface area contributed by atoms with Gasteiger partial charge < -0.3 is 5.11 Å². The third kappa shape index (κ3) is 1.67. The minimum Gasteiger partial charge on any atom is -0.477 e. The Morgan fingerprint density at radius 2 is 1.94 bits per heavy atom. The zero-order valence-electron chi connectivity index (χ0n) is 9.06. The maximum Gasteiger partial charge on any atom is 0.354 e. The summed E-state index contributed by atoms with van der Waals surface area (Å²) in [5, 5.41) is 13.0. The number of hydrogen-bond donors (Lipinski definition) is 1. The Kier molecular flexibility index (Phi) is 2.23. The fraction of sp³-hybridized carbons (Fsp3) is 0. The van der Waals surface area contributed by atoms with Gasteiger partial charge in [0.25, 0.3) is 5.78 Å². The van der Waals surface area contributed by atoms with E-state index in [9.17, 15) is 4.79 Å². The Hall–Kier alpha value is -2.83. The van der Waals surface area contributed by atoms with Crippen LogP contribution < -0.4 is 0 Å². The van der Waals surface area contributed by atoms with Gasteiger partial charge in [0.15, 0.2) is 11.5 Å². The van der Waals surface area contributed by atoms with Crippen molar-refractivity contribution in [3.05, 3.63) is 42.5 Å². The normalized spacial score (nSPS) is 10.7. The van der Waals surface area contributed by atoms with E-state index in [2.05, 4.69) is 20.1 Å². The van der Waals surface area contributed by atoms with Crippen molar-refractivity contribution in [2.75, 3.05) is 0 Å². The molecule has 0 radical (unpaired) electrons. The summed E-state index contributed by atoms with van der Waals surface area (Å²) in [5.41, 5.74) is 0.739. The third-order valence-corrected chi connectivity index (χ3v) is 2.36. The lowest BCUT2D eigenvalue weighted by Crippen LogP contribution is -2.02. The summed E-state index contributed by atoms with van der Waals surface area (Å²) in [6.07, 6.45) is 4.79. The van der Waals surface area contributed by atoms with Crippen molar-refractivity contribution in [2.45, 2.75) is 0 Å². The Morgan fingerprint density at radius 1 is 1.17 bits per heavy atom. The van der Waals surface area contributed by atoms with Crippen LogP contribution in [0.3, 0.4) is 0 Å². The molecule has 0 saturated heterocycles. The summed E-state index contributed by atoms with van der Waals surface area (Å²) in [7, 11) is 0. The minimum absolute atomic E-state index is 0.0591. The van der Waals surface area contributed by atoms with Gasteiger partial charge in [0, 0.05) is 24.2 Å². The summed E-state index contributed by atoms with van der Waals surface area (Å²) in [6.45, 7) is 0. The Balaban J connectivity index is 2.14. The molecule has 0 bridgehead atoms. The molecule has 0 spiro atoms. The Labute approximate surface area is 101 Å². The van der Waals surface area contributed by atoms with Crippen molar-refractivity contribution < 1.29 is 9.90 Å². The van der Waals surface area contributed by atoms with Crippen LogP contribution >= 0.6 is 0 Å². The summed E-state index contributed by atoms with van der Waals surface area (Å²) < 4.78 is 1.43. The van der Waals surface area contributed by atoms with Crippen LogP contribution in [0, 0.1) is 0 Å². The van der Waals surface area contributed by atoms with Gasteiger partial charge in [-0.2, -0.15) is 4.98 Å². The smallest absolute Gasteiger partial charge is 0.354 e. The number of hydrogen-bond acceptors (Lipinski definition) is 5. The molecular weight excluding hydrogens is 234 g/mol. The lowest BCUT2D eigenvalue weighted by molar-refractivity contribution is 0.0690. The first-order chi connectivity index (χ1) is 8.74. The predicted octanol–water partition coefficient (Wildman–Crippen LogP) is 0.884. The SMILES string of the molecule is O=C(O)c1ccn2nc(-c3ccncc3)nc2n1. The highest BCUT2D eigenvalue weighted by atomic mass is 16.4. The molecule has 18 heavy (non-hydrogen) atoms. The van der Waals surface area contributed by atoms with Crippen LogP contribution in [0.5, 0.6) is 0 Å². The molecule has 7 heteroatoms. The van der Waals surface area contributed by atoms with Crippen LogP contribution in [0.2, 0.25) is 0 Å². The van der Waals surface area contributed by atoms with Crippen LogP contribution in [0.1, 0.15) is 10.5 Å². The number of fused-ring (bicyclic) bond motifs is 1. The van der Waals surface area contributed by atoms with Crippen molar-refractivity contribution >= 4 is 11.7 Å². The van der Waals surface area contributed by atoms with E-state index >= 15 is 0 Å². The van der Waals surface area contributed by atoms with Gasteiger partial charge in [0.1, 0.15) is 0 Å². The number of carboxylic acids is 1. The molecule has 0 unspecified atom stereocenters. The lowest BCUT2D eigenvalue weighted by Gasteiger charge is -1.92. The molecule has 0 aromatic carbocycles. The number of pyridine rings is 1. The first kappa shape index (κ1) is 10.3. The standard InChI is InChI=1S/C11H7N5O2/c17-10(18)8-3-6-16-11(13-8)14-9(15-16)7-1-4-12-5-2-7/h1-6H,(H,17,18).